The van der Waals surface area contributed by atoms with E-state index in [0.717, 1.165) is 29.8 Å². The number of β-amino-alcohol motifs (C(OH)–C–C–N with tert-alkyl or cyclic N) is 1. The van der Waals surface area contributed by atoms with Gasteiger partial charge in [0.2, 0.25) is 0 Å². The second-order valence-corrected chi connectivity index (χ2v) is 7.27. The van der Waals surface area contributed by atoms with Gasteiger partial charge in [0.25, 0.3) is 0 Å². The van der Waals surface area contributed by atoms with Crippen LogP contribution >= 0.6 is 0 Å². The number of aryl methyl sites for hydroxylation is 2. The van der Waals surface area contributed by atoms with E-state index in [1.54, 1.807) is 12.4 Å². The van der Waals surface area contributed by atoms with Crippen molar-refractivity contribution in [2.24, 2.45) is 0 Å². The van der Waals surface area contributed by atoms with Gasteiger partial charge in [-0.1, -0.05) is 5.16 Å². The van der Waals surface area contributed by atoms with Crippen LogP contribution in [0.1, 0.15) is 28.5 Å². The molecule has 0 aliphatic carbocycles. The van der Waals surface area contributed by atoms with Gasteiger partial charge in [-0.2, -0.15) is 0 Å². The molecule has 2 N–H and O–H groups in total. The maximum atomic E-state index is 10.5. The summed E-state index contributed by atoms with van der Waals surface area (Å²) >= 11 is 0. The number of likely N-dealkylation sites (tertiary alicyclic amines) is 1. The summed E-state index contributed by atoms with van der Waals surface area (Å²) in [5, 5.41) is 23.5. The SMILES string of the molecule is Cc1cc2ncn(CC(O)CN3CC(c4cc(CO)on4)C3)c2cc1C. The van der Waals surface area contributed by atoms with Crippen LogP contribution in [-0.4, -0.2) is 55.6 Å². The average molecular weight is 356 g/mol. The lowest BCUT2D eigenvalue weighted by molar-refractivity contribution is 0.0547. The number of nitrogens with zero attached hydrogens (tertiary/aromatic N) is 4. The summed E-state index contributed by atoms with van der Waals surface area (Å²) < 4.78 is 7.06. The van der Waals surface area contributed by atoms with E-state index in [9.17, 15) is 5.11 Å². The van der Waals surface area contributed by atoms with Crippen LogP contribution < -0.4 is 0 Å². The topological polar surface area (TPSA) is 87.5 Å². The first kappa shape index (κ1) is 17.2. The quantitative estimate of drug-likeness (QED) is 0.697. The third-order valence-corrected chi connectivity index (χ3v) is 5.22. The molecule has 3 heterocycles. The Kier molecular flexibility index (Phi) is 4.52. The lowest BCUT2D eigenvalue weighted by Crippen LogP contribution is -2.48. The molecule has 0 radical (unpaired) electrons. The Morgan fingerprint density at radius 3 is 2.69 bits per heavy atom. The van der Waals surface area contributed by atoms with Crippen LogP contribution in [-0.2, 0) is 13.2 Å². The predicted molar refractivity (Wildman–Crippen MR) is 96.8 cm³/mol. The summed E-state index contributed by atoms with van der Waals surface area (Å²) in [5.74, 6) is 0.807. The molecular weight excluding hydrogens is 332 g/mol. The number of aliphatic hydroxyl groups excluding tert-OH is 2. The van der Waals surface area contributed by atoms with E-state index < -0.39 is 6.10 Å². The van der Waals surface area contributed by atoms with Crippen molar-refractivity contribution in [3.05, 3.63) is 47.1 Å². The number of hydrogen-bond acceptors (Lipinski definition) is 6. The van der Waals surface area contributed by atoms with E-state index in [-0.39, 0.29) is 6.61 Å². The van der Waals surface area contributed by atoms with Crippen LogP contribution in [0.5, 0.6) is 0 Å². The fourth-order valence-electron chi connectivity index (χ4n) is 3.54. The molecule has 1 aliphatic heterocycles. The van der Waals surface area contributed by atoms with Gasteiger partial charge in [0.15, 0.2) is 5.76 Å². The highest BCUT2D eigenvalue weighted by atomic mass is 16.5. The van der Waals surface area contributed by atoms with Crippen molar-refractivity contribution in [3.63, 3.8) is 0 Å². The van der Waals surface area contributed by atoms with Gasteiger partial charge in [0.1, 0.15) is 6.61 Å². The molecular formula is C19H24N4O3. The van der Waals surface area contributed by atoms with Crippen molar-refractivity contribution < 1.29 is 14.7 Å². The summed E-state index contributed by atoms with van der Waals surface area (Å²) in [4.78, 5) is 6.65. The molecule has 0 spiro atoms. The van der Waals surface area contributed by atoms with Crippen LogP contribution in [0.3, 0.4) is 0 Å². The highest BCUT2D eigenvalue weighted by molar-refractivity contribution is 5.77. The van der Waals surface area contributed by atoms with Gasteiger partial charge in [-0.15, -0.1) is 0 Å². The van der Waals surface area contributed by atoms with Crippen LogP contribution in [0, 0.1) is 13.8 Å². The standard InChI is InChI=1S/C19H24N4O3/c1-12-3-18-19(4-13(12)2)23(11-20-18)9-15(25)8-22-6-14(7-22)17-5-16(10-24)26-21-17/h3-5,11,14-15,24-25H,6-10H2,1-2H3. The molecule has 1 aromatic carbocycles. The zero-order chi connectivity index (χ0) is 18.3. The highest BCUT2D eigenvalue weighted by Gasteiger charge is 2.31. The Labute approximate surface area is 151 Å². The van der Waals surface area contributed by atoms with E-state index in [1.807, 2.05) is 4.57 Å². The molecule has 1 atom stereocenters. The van der Waals surface area contributed by atoms with Gasteiger partial charge in [0.05, 0.1) is 35.7 Å². The van der Waals surface area contributed by atoms with Gasteiger partial charge < -0.3 is 19.3 Å². The molecule has 1 aliphatic rings. The molecule has 1 fully saturated rings. The van der Waals surface area contributed by atoms with Crippen molar-refractivity contribution in [2.75, 3.05) is 19.6 Å². The molecule has 1 saturated heterocycles. The van der Waals surface area contributed by atoms with Crippen molar-refractivity contribution in [1.29, 1.82) is 0 Å². The van der Waals surface area contributed by atoms with Gasteiger partial charge in [-0.25, -0.2) is 4.98 Å². The molecule has 1 unspecified atom stereocenters. The molecule has 2 aromatic heterocycles. The molecule has 7 nitrogen and oxygen atoms in total. The lowest BCUT2D eigenvalue weighted by Gasteiger charge is -2.39. The lowest BCUT2D eigenvalue weighted by atomic mass is 9.96. The zero-order valence-electron chi connectivity index (χ0n) is 15.1. The first-order valence-corrected chi connectivity index (χ1v) is 8.92. The van der Waals surface area contributed by atoms with Crippen LogP contribution in [0.4, 0.5) is 0 Å². The zero-order valence-corrected chi connectivity index (χ0v) is 15.1. The van der Waals surface area contributed by atoms with Crippen molar-refractivity contribution >= 4 is 11.0 Å². The van der Waals surface area contributed by atoms with Crippen molar-refractivity contribution in [2.45, 2.75) is 39.0 Å². The molecule has 0 bridgehead atoms. The van der Waals surface area contributed by atoms with E-state index in [2.05, 4.69) is 41.0 Å². The fourth-order valence-corrected chi connectivity index (χ4v) is 3.54. The summed E-state index contributed by atoms with van der Waals surface area (Å²) in [6.07, 6.45) is 1.34. The van der Waals surface area contributed by atoms with E-state index in [4.69, 9.17) is 9.63 Å². The number of aromatic nitrogens is 3. The summed E-state index contributed by atoms with van der Waals surface area (Å²) in [5.41, 5.74) is 5.37. The largest absolute Gasteiger partial charge is 0.390 e. The van der Waals surface area contributed by atoms with Gasteiger partial charge in [-0.3, -0.25) is 4.90 Å². The number of imidazole rings is 1. The maximum absolute atomic E-state index is 10.5. The second kappa shape index (κ2) is 6.83. The van der Waals surface area contributed by atoms with Crippen LogP contribution in [0.2, 0.25) is 0 Å². The smallest absolute Gasteiger partial charge is 0.162 e. The molecule has 0 saturated carbocycles. The first-order valence-electron chi connectivity index (χ1n) is 8.92. The Balaban J connectivity index is 1.34. The predicted octanol–water partition coefficient (Wildman–Crippen LogP) is 1.59. The maximum Gasteiger partial charge on any atom is 0.162 e. The van der Waals surface area contributed by atoms with Gasteiger partial charge in [-0.05, 0) is 37.1 Å². The summed E-state index contributed by atoms with van der Waals surface area (Å²) in [7, 11) is 0. The fraction of sp³-hybridized carbons (Fsp3) is 0.474. The number of hydrogen-bond donors (Lipinski definition) is 2. The molecule has 0 amide bonds. The molecule has 4 rings (SSSR count). The first-order chi connectivity index (χ1) is 12.5. The molecule has 7 heteroatoms. The molecule has 26 heavy (non-hydrogen) atoms. The van der Waals surface area contributed by atoms with E-state index in [1.165, 1.54) is 11.1 Å². The highest BCUT2D eigenvalue weighted by Crippen LogP contribution is 2.27. The summed E-state index contributed by atoms with van der Waals surface area (Å²) in [6.45, 7) is 6.88. The number of benzene rings is 1. The Bertz CT molecular complexity index is 911. The van der Waals surface area contributed by atoms with Crippen molar-refractivity contribution in [1.82, 2.24) is 19.6 Å². The molecule has 3 aromatic rings. The van der Waals surface area contributed by atoms with Gasteiger partial charge >= 0.3 is 0 Å². The second-order valence-electron chi connectivity index (χ2n) is 7.27. The number of aliphatic hydroxyl groups is 2. The Morgan fingerprint density at radius 2 is 1.96 bits per heavy atom. The minimum Gasteiger partial charge on any atom is -0.390 e. The minimum absolute atomic E-state index is 0.125. The Morgan fingerprint density at radius 1 is 1.19 bits per heavy atom. The molecule has 138 valence electrons. The normalized spacial score (nSPS) is 16.9. The van der Waals surface area contributed by atoms with E-state index >= 15 is 0 Å². The van der Waals surface area contributed by atoms with E-state index in [0.29, 0.717) is 24.8 Å². The van der Waals surface area contributed by atoms with Crippen LogP contribution in [0.15, 0.2) is 29.0 Å². The third-order valence-electron chi connectivity index (χ3n) is 5.22. The van der Waals surface area contributed by atoms with Crippen LogP contribution in [0.25, 0.3) is 11.0 Å². The summed E-state index contributed by atoms with van der Waals surface area (Å²) in [6, 6.07) is 6.03. The minimum atomic E-state index is -0.458. The Hall–Kier alpha value is -2.22. The number of fused-ring (bicyclic) bond motifs is 1. The monoisotopic (exact) mass is 356 g/mol. The van der Waals surface area contributed by atoms with Crippen molar-refractivity contribution in [3.8, 4) is 0 Å². The van der Waals surface area contributed by atoms with Gasteiger partial charge in [0, 0.05) is 31.6 Å². The number of rotatable bonds is 6. The third kappa shape index (κ3) is 3.25. The average Bonchev–Trinajstić information content (AvgIpc) is 3.19.